The van der Waals surface area contributed by atoms with Crippen molar-refractivity contribution in [2.24, 2.45) is 5.92 Å². The lowest BCUT2D eigenvalue weighted by molar-refractivity contribution is -0.136. The van der Waals surface area contributed by atoms with E-state index in [4.69, 9.17) is 0 Å². The highest BCUT2D eigenvalue weighted by Gasteiger charge is 2.39. The van der Waals surface area contributed by atoms with Crippen LogP contribution in [0.5, 0.6) is 0 Å². The molecule has 1 aliphatic carbocycles. The Morgan fingerprint density at radius 3 is 2.57 bits per heavy atom. The molecule has 5 rings (SSSR count). The minimum atomic E-state index is -0.548. The molecule has 1 aromatic carbocycles. The van der Waals surface area contributed by atoms with Gasteiger partial charge in [-0.05, 0) is 74.8 Å². The normalized spacial score (nSPS) is 25.5. The van der Waals surface area contributed by atoms with Crippen molar-refractivity contribution in [3.63, 3.8) is 0 Å². The average molecular weight is 411 g/mol. The summed E-state index contributed by atoms with van der Waals surface area (Å²) in [6.45, 7) is 4.64. The van der Waals surface area contributed by atoms with E-state index in [0.717, 1.165) is 36.7 Å². The Labute approximate surface area is 177 Å². The molecule has 0 aromatic heterocycles. The lowest BCUT2D eigenvalue weighted by atomic mass is 10.0. The standard InChI is InChI=1S/C23H30N4O3/c28-21-6-5-20(22(29)25-21)27-14-17-4-3-16(11-19(17)23(27)30)13-26-9-7-18(8-10-26)24-12-15-1-2-15/h3-4,11,15,18,20,24H,1-2,5-10,12-14H2,(H,25,28,29). The maximum Gasteiger partial charge on any atom is 0.255 e. The van der Waals surface area contributed by atoms with Gasteiger partial charge in [0.05, 0.1) is 0 Å². The second-order valence-corrected chi connectivity index (χ2v) is 9.29. The van der Waals surface area contributed by atoms with Gasteiger partial charge in [0.25, 0.3) is 5.91 Å². The van der Waals surface area contributed by atoms with E-state index in [9.17, 15) is 14.4 Å². The summed E-state index contributed by atoms with van der Waals surface area (Å²) in [7, 11) is 0. The van der Waals surface area contributed by atoms with Crippen molar-refractivity contribution in [1.29, 1.82) is 0 Å². The fourth-order valence-electron chi connectivity index (χ4n) is 4.91. The van der Waals surface area contributed by atoms with Gasteiger partial charge < -0.3 is 10.2 Å². The van der Waals surface area contributed by atoms with Crippen LogP contribution in [0, 0.1) is 5.92 Å². The van der Waals surface area contributed by atoms with Crippen molar-refractivity contribution in [1.82, 2.24) is 20.4 Å². The topological polar surface area (TPSA) is 81.8 Å². The molecular weight excluding hydrogens is 380 g/mol. The number of piperidine rings is 2. The number of fused-ring (bicyclic) bond motifs is 1. The summed E-state index contributed by atoms with van der Waals surface area (Å²) in [4.78, 5) is 40.7. The van der Waals surface area contributed by atoms with Crippen molar-refractivity contribution < 1.29 is 14.4 Å². The summed E-state index contributed by atoms with van der Waals surface area (Å²) in [6.07, 6.45) is 5.84. The van der Waals surface area contributed by atoms with Crippen molar-refractivity contribution in [2.45, 2.75) is 63.7 Å². The molecule has 1 saturated carbocycles. The Morgan fingerprint density at radius 1 is 1.03 bits per heavy atom. The van der Waals surface area contributed by atoms with E-state index >= 15 is 0 Å². The van der Waals surface area contributed by atoms with Gasteiger partial charge in [0.2, 0.25) is 11.8 Å². The molecule has 30 heavy (non-hydrogen) atoms. The molecule has 3 amide bonds. The fourth-order valence-corrected chi connectivity index (χ4v) is 4.91. The highest BCUT2D eigenvalue weighted by molar-refractivity contribution is 6.05. The zero-order valence-corrected chi connectivity index (χ0v) is 17.4. The Balaban J connectivity index is 1.18. The van der Waals surface area contributed by atoms with Gasteiger partial charge in [-0.25, -0.2) is 0 Å². The van der Waals surface area contributed by atoms with Crippen LogP contribution in [0.25, 0.3) is 0 Å². The number of benzene rings is 1. The predicted octanol–water partition coefficient (Wildman–Crippen LogP) is 1.41. The summed E-state index contributed by atoms with van der Waals surface area (Å²) < 4.78 is 0. The molecule has 160 valence electrons. The molecule has 4 aliphatic rings. The SMILES string of the molecule is O=C1CCC(N2Cc3ccc(CN4CCC(NCC5CC5)CC4)cc3C2=O)C(=O)N1. The van der Waals surface area contributed by atoms with Gasteiger partial charge in [-0.2, -0.15) is 0 Å². The summed E-state index contributed by atoms with van der Waals surface area (Å²) >= 11 is 0. The number of rotatable bonds is 6. The van der Waals surface area contributed by atoms with Gasteiger partial charge in [-0.15, -0.1) is 0 Å². The van der Waals surface area contributed by atoms with E-state index < -0.39 is 6.04 Å². The Hall–Kier alpha value is -2.25. The molecule has 3 fully saturated rings. The third kappa shape index (κ3) is 4.14. The number of carbonyl (C=O) groups excluding carboxylic acids is 3. The zero-order valence-electron chi connectivity index (χ0n) is 17.4. The Bertz CT molecular complexity index is 858. The van der Waals surface area contributed by atoms with Crippen molar-refractivity contribution in [3.05, 3.63) is 34.9 Å². The summed E-state index contributed by atoms with van der Waals surface area (Å²) in [6, 6.07) is 6.23. The van der Waals surface area contributed by atoms with Crippen LogP contribution in [-0.4, -0.2) is 59.2 Å². The number of amides is 3. The molecular formula is C23H30N4O3. The van der Waals surface area contributed by atoms with Crippen LogP contribution in [0.3, 0.4) is 0 Å². The van der Waals surface area contributed by atoms with Crippen LogP contribution in [0.1, 0.15) is 60.0 Å². The van der Waals surface area contributed by atoms with Crippen LogP contribution in [0.15, 0.2) is 18.2 Å². The number of imide groups is 1. The molecule has 7 nitrogen and oxygen atoms in total. The molecule has 1 unspecified atom stereocenters. The van der Waals surface area contributed by atoms with Gasteiger partial charge in [0.15, 0.2) is 0 Å². The lowest BCUT2D eigenvalue weighted by Gasteiger charge is -2.32. The van der Waals surface area contributed by atoms with Crippen LogP contribution in [0.4, 0.5) is 0 Å². The first kappa shape index (κ1) is 19.7. The number of nitrogens with zero attached hydrogens (tertiary/aromatic N) is 2. The quantitative estimate of drug-likeness (QED) is 0.693. The fraction of sp³-hybridized carbons (Fsp3) is 0.609. The first-order valence-electron chi connectivity index (χ1n) is 11.3. The van der Waals surface area contributed by atoms with Gasteiger partial charge >= 0.3 is 0 Å². The van der Waals surface area contributed by atoms with Crippen molar-refractivity contribution >= 4 is 17.7 Å². The number of likely N-dealkylation sites (tertiary alicyclic amines) is 1. The monoisotopic (exact) mass is 410 g/mol. The lowest BCUT2D eigenvalue weighted by Crippen LogP contribution is -2.52. The van der Waals surface area contributed by atoms with E-state index in [1.54, 1.807) is 4.90 Å². The third-order valence-electron chi connectivity index (χ3n) is 6.98. The van der Waals surface area contributed by atoms with Gasteiger partial charge in [0.1, 0.15) is 6.04 Å². The molecule has 0 bridgehead atoms. The molecule has 1 aromatic rings. The smallest absolute Gasteiger partial charge is 0.255 e. The van der Waals surface area contributed by atoms with Gasteiger partial charge in [0, 0.05) is 31.1 Å². The van der Waals surface area contributed by atoms with E-state index in [0.29, 0.717) is 24.6 Å². The largest absolute Gasteiger partial charge is 0.322 e. The maximum atomic E-state index is 13.0. The molecule has 0 spiro atoms. The number of hydrogen-bond donors (Lipinski definition) is 2. The summed E-state index contributed by atoms with van der Waals surface area (Å²) in [5.41, 5.74) is 2.83. The molecule has 2 N–H and O–H groups in total. The minimum Gasteiger partial charge on any atom is -0.322 e. The second kappa shape index (κ2) is 8.12. The molecule has 3 aliphatic heterocycles. The first-order chi connectivity index (χ1) is 14.6. The highest BCUT2D eigenvalue weighted by Crippen LogP contribution is 2.29. The maximum absolute atomic E-state index is 13.0. The summed E-state index contributed by atoms with van der Waals surface area (Å²) in [5.74, 6) is 0.219. The summed E-state index contributed by atoms with van der Waals surface area (Å²) in [5, 5.41) is 6.08. The predicted molar refractivity (Wildman–Crippen MR) is 112 cm³/mol. The van der Waals surface area contributed by atoms with Gasteiger partial charge in [-0.1, -0.05) is 12.1 Å². The van der Waals surface area contributed by atoms with Crippen molar-refractivity contribution in [3.8, 4) is 0 Å². The molecule has 0 radical (unpaired) electrons. The van der Waals surface area contributed by atoms with E-state index in [-0.39, 0.29) is 24.1 Å². The number of hydrogen-bond acceptors (Lipinski definition) is 5. The zero-order chi connectivity index (χ0) is 20.7. The molecule has 2 saturated heterocycles. The Kier molecular flexibility index (Phi) is 5.33. The van der Waals surface area contributed by atoms with Crippen LogP contribution in [-0.2, 0) is 22.7 Å². The highest BCUT2D eigenvalue weighted by atomic mass is 16.2. The number of carbonyl (C=O) groups is 3. The first-order valence-corrected chi connectivity index (χ1v) is 11.3. The van der Waals surface area contributed by atoms with E-state index in [2.05, 4.69) is 21.6 Å². The van der Waals surface area contributed by atoms with Crippen LogP contribution in [0.2, 0.25) is 0 Å². The van der Waals surface area contributed by atoms with Gasteiger partial charge in [-0.3, -0.25) is 24.6 Å². The number of nitrogens with one attached hydrogen (secondary N) is 2. The Morgan fingerprint density at radius 2 is 1.83 bits per heavy atom. The second-order valence-electron chi connectivity index (χ2n) is 9.29. The molecule has 7 heteroatoms. The minimum absolute atomic E-state index is 0.0932. The van der Waals surface area contributed by atoms with Crippen molar-refractivity contribution in [2.75, 3.05) is 19.6 Å². The van der Waals surface area contributed by atoms with E-state index in [1.165, 1.54) is 32.2 Å². The molecule has 3 heterocycles. The van der Waals surface area contributed by atoms with Crippen LogP contribution < -0.4 is 10.6 Å². The molecule has 1 atom stereocenters. The third-order valence-corrected chi connectivity index (χ3v) is 6.98. The van der Waals surface area contributed by atoms with E-state index in [1.807, 2.05) is 12.1 Å². The van der Waals surface area contributed by atoms with Crippen LogP contribution >= 0.6 is 0 Å². The average Bonchev–Trinajstić information content (AvgIpc) is 3.51.